The number of nitrogens with zero attached hydrogens (tertiary/aromatic N) is 2. The zero-order chi connectivity index (χ0) is 19.6. The maximum Gasteiger partial charge on any atom is 0.243 e. The maximum absolute atomic E-state index is 13.0. The summed E-state index contributed by atoms with van der Waals surface area (Å²) in [5.41, 5.74) is 3.32. The molecule has 2 aromatic rings. The van der Waals surface area contributed by atoms with Crippen LogP contribution in [0.3, 0.4) is 0 Å². The second-order valence-electron chi connectivity index (χ2n) is 7.29. The van der Waals surface area contributed by atoms with E-state index in [1.54, 1.807) is 11.0 Å². The molecule has 29 heavy (non-hydrogen) atoms. The molecule has 2 aliphatic rings. The van der Waals surface area contributed by atoms with E-state index in [2.05, 4.69) is 5.32 Å². The number of aryl methyl sites for hydroxylation is 2. The molecule has 6 nitrogen and oxygen atoms in total. The summed E-state index contributed by atoms with van der Waals surface area (Å²) < 4.78 is 27.5. The van der Waals surface area contributed by atoms with E-state index in [-0.39, 0.29) is 24.9 Å². The van der Waals surface area contributed by atoms with Crippen LogP contribution < -0.4 is 5.32 Å². The summed E-state index contributed by atoms with van der Waals surface area (Å²) in [6.45, 7) is 1.70. The lowest BCUT2D eigenvalue weighted by atomic mass is 10.1. The van der Waals surface area contributed by atoms with Crippen LogP contribution in [0.2, 0.25) is 0 Å². The number of para-hydroxylation sites is 1. The zero-order valence-corrected chi connectivity index (χ0v) is 17.8. The van der Waals surface area contributed by atoms with Gasteiger partial charge in [-0.3, -0.25) is 4.79 Å². The largest absolute Gasteiger partial charge is 0.376 e. The van der Waals surface area contributed by atoms with E-state index in [4.69, 9.17) is 0 Å². The second kappa shape index (κ2) is 9.15. The van der Waals surface area contributed by atoms with E-state index in [9.17, 15) is 13.2 Å². The number of fused-ring (bicyclic) bond motifs is 1. The Labute approximate surface area is 178 Å². The number of anilines is 1. The summed E-state index contributed by atoms with van der Waals surface area (Å²) in [6.07, 6.45) is 3.08. The highest BCUT2D eigenvalue weighted by atomic mass is 35.5. The van der Waals surface area contributed by atoms with Gasteiger partial charge in [0, 0.05) is 31.9 Å². The molecule has 0 spiro atoms. The van der Waals surface area contributed by atoms with E-state index in [1.807, 2.05) is 42.5 Å². The third-order valence-corrected chi connectivity index (χ3v) is 7.41. The number of benzene rings is 2. The van der Waals surface area contributed by atoms with Crippen LogP contribution in [-0.2, 0) is 27.7 Å². The third-order valence-electron chi connectivity index (χ3n) is 5.52. The average molecular weight is 436 g/mol. The number of halogens is 1. The van der Waals surface area contributed by atoms with Gasteiger partial charge >= 0.3 is 0 Å². The molecule has 156 valence electrons. The molecule has 8 heteroatoms. The predicted molar refractivity (Wildman–Crippen MR) is 116 cm³/mol. The monoisotopic (exact) mass is 435 g/mol. The van der Waals surface area contributed by atoms with Crippen LogP contribution >= 0.6 is 12.4 Å². The Morgan fingerprint density at radius 1 is 0.931 bits per heavy atom. The number of amides is 1. The van der Waals surface area contributed by atoms with Gasteiger partial charge in [-0.1, -0.05) is 24.3 Å². The highest BCUT2D eigenvalue weighted by Crippen LogP contribution is 2.26. The Bertz CT molecular complexity index is 958. The Morgan fingerprint density at radius 3 is 2.34 bits per heavy atom. The number of carbonyl (C=O) groups is 1. The van der Waals surface area contributed by atoms with Gasteiger partial charge in [0.1, 0.15) is 0 Å². The lowest BCUT2D eigenvalue weighted by molar-refractivity contribution is -0.130. The van der Waals surface area contributed by atoms with Crippen molar-refractivity contribution in [1.29, 1.82) is 0 Å². The van der Waals surface area contributed by atoms with E-state index < -0.39 is 10.0 Å². The number of nitrogens with one attached hydrogen (secondary N) is 1. The molecule has 0 atom stereocenters. The maximum atomic E-state index is 13.0. The molecule has 1 aliphatic heterocycles. The number of carbonyl (C=O) groups excluding carboxylic acids is 1. The van der Waals surface area contributed by atoms with Crippen molar-refractivity contribution in [2.24, 2.45) is 0 Å². The van der Waals surface area contributed by atoms with Gasteiger partial charge in [-0.15, -0.1) is 12.4 Å². The van der Waals surface area contributed by atoms with Gasteiger partial charge in [-0.05, 0) is 54.7 Å². The van der Waals surface area contributed by atoms with E-state index in [0.29, 0.717) is 31.1 Å². The lowest BCUT2D eigenvalue weighted by Gasteiger charge is -2.34. The first-order chi connectivity index (χ1) is 13.5. The zero-order valence-electron chi connectivity index (χ0n) is 16.2. The van der Waals surface area contributed by atoms with E-state index in [1.165, 1.54) is 9.87 Å². The highest BCUT2D eigenvalue weighted by Gasteiger charge is 2.30. The fourth-order valence-corrected chi connectivity index (χ4v) is 5.35. The molecule has 0 unspecified atom stereocenters. The van der Waals surface area contributed by atoms with Crippen molar-refractivity contribution in [2.75, 3.05) is 38.0 Å². The summed E-state index contributed by atoms with van der Waals surface area (Å²) in [4.78, 5) is 14.5. The summed E-state index contributed by atoms with van der Waals surface area (Å²) >= 11 is 0. The molecule has 1 aliphatic carbocycles. The highest BCUT2D eigenvalue weighted by molar-refractivity contribution is 7.89. The van der Waals surface area contributed by atoms with E-state index in [0.717, 1.165) is 30.5 Å². The third kappa shape index (κ3) is 4.74. The van der Waals surface area contributed by atoms with Gasteiger partial charge in [-0.2, -0.15) is 4.31 Å². The topological polar surface area (TPSA) is 69.7 Å². The molecule has 2 aromatic carbocycles. The Kier molecular flexibility index (Phi) is 6.82. The van der Waals surface area contributed by atoms with Crippen LogP contribution in [0.4, 0.5) is 5.69 Å². The molecule has 1 amide bonds. The number of rotatable bonds is 5. The van der Waals surface area contributed by atoms with Crippen LogP contribution in [0.1, 0.15) is 17.5 Å². The minimum absolute atomic E-state index is 0. The number of hydrogen-bond donors (Lipinski definition) is 1. The van der Waals surface area contributed by atoms with Crippen LogP contribution in [0, 0.1) is 0 Å². The van der Waals surface area contributed by atoms with E-state index >= 15 is 0 Å². The Hall–Kier alpha value is -2.09. The first-order valence-electron chi connectivity index (χ1n) is 9.73. The van der Waals surface area contributed by atoms with Crippen molar-refractivity contribution in [3.05, 3.63) is 59.7 Å². The molecule has 4 rings (SSSR count). The molecule has 1 saturated heterocycles. The molecule has 0 saturated carbocycles. The summed E-state index contributed by atoms with van der Waals surface area (Å²) in [5, 5.41) is 3.11. The molecule has 0 radical (unpaired) electrons. The molecular formula is C21H26ClN3O3S. The first kappa shape index (κ1) is 21.6. The second-order valence-corrected chi connectivity index (χ2v) is 9.23. The van der Waals surface area contributed by atoms with Crippen LogP contribution in [0.25, 0.3) is 0 Å². The van der Waals surface area contributed by atoms with Gasteiger partial charge in [-0.25, -0.2) is 8.42 Å². The molecular weight excluding hydrogens is 410 g/mol. The molecule has 0 aromatic heterocycles. The van der Waals surface area contributed by atoms with Gasteiger partial charge in [0.25, 0.3) is 0 Å². The minimum Gasteiger partial charge on any atom is -0.376 e. The minimum atomic E-state index is -3.51. The van der Waals surface area contributed by atoms with Crippen molar-refractivity contribution >= 4 is 34.0 Å². The van der Waals surface area contributed by atoms with Crippen molar-refractivity contribution < 1.29 is 13.2 Å². The SMILES string of the molecule is Cl.O=C(CNc1ccccc1)N1CCN(S(=O)(=O)c2ccc3c(c2)CCC3)CC1. The van der Waals surface area contributed by atoms with Gasteiger partial charge in [0.05, 0.1) is 11.4 Å². The van der Waals surface area contributed by atoms with Gasteiger partial charge in [0.15, 0.2) is 0 Å². The summed E-state index contributed by atoms with van der Waals surface area (Å²) in [7, 11) is -3.51. The van der Waals surface area contributed by atoms with Gasteiger partial charge < -0.3 is 10.2 Å². The summed E-state index contributed by atoms with van der Waals surface area (Å²) in [6, 6.07) is 15.1. The van der Waals surface area contributed by atoms with Crippen LogP contribution in [0.5, 0.6) is 0 Å². The molecule has 1 N–H and O–H groups in total. The smallest absolute Gasteiger partial charge is 0.243 e. The predicted octanol–water partition coefficient (Wildman–Crippen LogP) is 2.54. The normalized spacial score (nSPS) is 16.8. The van der Waals surface area contributed by atoms with Crippen molar-refractivity contribution in [3.8, 4) is 0 Å². The molecule has 1 fully saturated rings. The fourth-order valence-electron chi connectivity index (χ4n) is 3.88. The Morgan fingerprint density at radius 2 is 1.62 bits per heavy atom. The summed E-state index contributed by atoms with van der Waals surface area (Å²) in [5.74, 6) is -0.0153. The van der Waals surface area contributed by atoms with Crippen molar-refractivity contribution in [3.63, 3.8) is 0 Å². The van der Waals surface area contributed by atoms with Crippen LogP contribution in [-0.4, -0.2) is 56.3 Å². The van der Waals surface area contributed by atoms with Crippen molar-refractivity contribution in [2.45, 2.75) is 24.2 Å². The number of sulfonamides is 1. The number of piperazine rings is 1. The van der Waals surface area contributed by atoms with Crippen LogP contribution in [0.15, 0.2) is 53.4 Å². The number of hydrogen-bond acceptors (Lipinski definition) is 4. The quantitative estimate of drug-likeness (QED) is 0.783. The van der Waals surface area contributed by atoms with Gasteiger partial charge in [0.2, 0.25) is 15.9 Å². The lowest BCUT2D eigenvalue weighted by Crippen LogP contribution is -2.51. The fraction of sp³-hybridized carbons (Fsp3) is 0.381. The van der Waals surface area contributed by atoms with Crippen molar-refractivity contribution in [1.82, 2.24) is 9.21 Å². The first-order valence-corrected chi connectivity index (χ1v) is 11.2. The Balaban J connectivity index is 0.00000240. The molecule has 1 heterocycles. The molecule has 0 bridgehead atoms. The standard InChI is InChI=1S/C21H25N3O3S.ClH/c25-21(16-22-19-7-2-1-3-8-19)23-11-13-24(14-12-23)28(26,27)20-10-9-17-5-4-6-18(17)15-20;/h1-3,7-10,15,22H,4-6,11-14,16H2;1H. The average Bonchev–Trinajstić information content (AvgIpc) is 3.21.